The number of aliphatic hydroxyl groups is 1. The van der Waals surface area contributed by atoms with Gasteiger partial charge in [-0.1, -0.05) is 6.42 Å². The maximum absolute atomic E-state index is 11.9. The minimum absolute atomic E-state index is 0. The van der Waals surface area contributed by atoms with Gasteiger partial charge in [0.2, 0.25) is 5.91 Å². The number of carbonyl (C=O) groups is 1. The van der Waals surface area contributed by atoms with Crippen LogP contribution in [0.1, 0.15) is 19.3 Å². The lowest BCUT2D eigenvalue weighted by Crippen LogP contribution is -2.50. The van der Waals surface area contributed by atoms with Crippen molar-refractivity contribution >= 4 is 18.3 Å². The van der Waals surface area contributed by atoms with Gasteiger partial charge in [0.1, 0.15) is 0 Å². The van der Waals surface area contributed by atoms with Crippen LogP contribution in [-0.4, -0.2) is 42.4 Å². The molecule has 0 aromatic rings. The number of nitrogens with one attached hydrogen (secondary N) is 2. The van der Waals surface area contributed by atoms with Gasteiger partial charge in [-0.15, -0.1) is 12.4 Å². The second-order valence-corrected chi connectivity index (χ2v) is 3.81. The van der Waals surface area contributed by atoms with Gasteiger partial charge < -0.3 is 15.7 Å². The topological polar surface area (TPSA) is 61.4 Å². The number of carbonyl (C=O) groups excluding carboxylic acids is 1. The van der Waals surface area contributed by atoms with Crippen molar-refractivity contribution in [3.8, 4) is 0 Å². The Morgan fingerprint density at radius 3 is 2.59 bits per heavy atom. The van der Waals surface area contributed by atoms with E-state index >= 15 is 0 Å². The van der Waals surface area contributed by atoms with E-state index in [9.17, 15) is 18.0 Å². The largest absolute Gasteiger partial charge is 0.416 e. The van der Waals surface area contributed by atoms with E-state index in [1.807, 2.05) is 0 Å². The van der Waals surface area contributed by atoms with Crippen molar-refractivity contribution in [1.82, 2.24) is 10.6 Å². The number of piperidine rings is 1. The lowest BCUT2D eigenvalue weighted by atomic mass is 10.0. The number of alkyl halides is 3. The number of amides is 1. The van der Waals surface area contributed by atoms with Crippen molar-refractivity contribution in [3.63, 3.8) is 0 Å². The summed E-state index contributed by atoms with van der Waals surface area (Å²) in [6, 6.07) is -0.436. The highest BCUT2D eigenvalue weighted by molar-refractivity contribution is 5.85. The molecule has 8 heteroatoms. The highest BCUT2D eigenvalue weighted by atomic mass is 35.5. The first-order chi connectivity index (χ1) is 7.41. The van der Waals surface area contributed by atoms with Gasteiger partial charge in [-0.25, -0.2) is 0 Å². The first-order valence-electron chi connectivity index (χ1n) is 5.17. The van der Waals surface area contributed by atoms with Crippen LogP contribution in [0.4, 0.5) is 13.2 Å². The molecule has 17 heavy (non-hydrogen) atoms. The average molecular weight is 277 g/mol. The molecular weight excluding hydrogens is 261 g/mol. The summed E-state index contributed by atoms with van der Waals surface area (Å²) in [5, 5.41) is 13.7. The summed E-state index contributed by atoms with van der Waals surface area (Å²) in [5.74, 6) is -0.483. The summed E-state index contributed by atoms with van der Waals surface area (Å²) >= 11 is 0. The van der Waals surface area contributed by atoms with Gasteiger partial charge in [0.15, 0.2) is 6.10 Å². The quantitative estimate of drug-likeness (QED) is 0.707. The standard InChI is InChI=1S/C9H15F3N2O2.ClH/c10-9(11,12)7(15)5-14-8(16)6-3-1-2-4-13-6;/h6-7,13,15H,1-5H2,(H,14,16);1H. The molecule has 1 saturated heterocycles. The first kappa shape index (κ1) is 16.5. The molecule has 1 heterocycles. The number of rotatable bonds is 3. The van der Waals surface area contributed by atoms with Gasteiger partial charge in [-0.2, -0.15) is 13.2 Å². The Bertz CT molecular complexity index is 245. The fourth-order valence-electron chi connectivity index (χ4n) is 1.51. The van der Waals surface area contributed by atoms with E-state index in [1.54, 1.807) is 0 Å². The molecule has 1 aliphatic rings. The normalized spacial score (nSPS) is 22.5. The van der Waals surface area contributed by atoms with Gasteiger partial charge >= 0.3 is 6.18 Å². The smallest absolute Gasteiger partial charge is 0.382 e. The van der Waals surface area contributed by atoms with Crippen molar-refractivity contribution in [2.45, 2.75) is 37.6 Å². The molecule has 1 rings (SSSR count). The Hall–Kier alpha value is -0.530. The summed E-state index contributed by atoms with van der Waals surface area (Å²) in [4.78, 5) is 11.4. The zero-order chi connectivity index (χ0) is 12.2. The maximum Gasteiger partial charge on any atom is 0.416 e. The van der Waals surface area contributed by atoms with Crippen molar-refractivity contribution < 1.29 is 23.1 Å². The van der Waals surface area contributed by atoms with Crippen LogP contribution in [0.3, 0.4) is 0 Å². The van der Waals surface area contributed by atoms with Crippen molar-refractivity contribution in [3.05, 3.63) is 0 Å². The zero-order valence-electron chi connectivity index (χ0n) is 9.09. The molecule has 102 valence electrons. The molecule has 0 spiro atoms. The fraction of sp³-hybridized carbons (Fsp3) is 0.889. The van der Waals surface area contributed by atoms with Crippen LogP contribution >= 0.6 is 12.4 Å². The summed E-state index contributed by atoms with van der Waals surface area (Å²) in [6.45, 7) is -0.0968. The van der Waals surface area contributed by atoms with E-state index in [-0.39, 0.29) is 12.4 Å². The highest BCUT2D eigenvalue weighted by Crippen LogP contribution is 2.19. The van der Waals surface area contributed by atoms with Crippen LogP contribution in [0.15, 0.2) is 0 Å². The summed E-state index contributed by atoms with van der Waals surface area (Å²) in [5.41, 5.74) is 0. The Kier molecular flexibility index (Phi) is 6.81. The molecule has 1 aliphatic heterocycles. The molecule has 2 unspecified atom stereocenters. The molecule has 0 aromatic carbocycles. The van der Waals surface area contributed by atoms with E-state index in [2.05, 4.69) is 10.6 Å². The predicted molar refractivity (Wildman–Crippen MR) is 58.0 cm³/mol. The molecule has 0 saturated carbocycles. The van der Waals surface area contributed by atoms with Crippen LogP contribution in [0.2, 0.25) is 0 Å². The van der Waals surface area contributed by atoms with Crippen LogP contribution in [0.25, 0.3) is 0 Å². The lowest BCUT2D eigenvalue weighted by Gasteiger charge is -2.23. The Morgan fingerprint density at radius 1 is 1.47 bits per heavy atom. The van der Waals surface area contributed by atoms with Crippen molar-refractivity contribution in [2.75, 3.05) is 13.1 Å². The van der Waals surface area contributed by atoms with E-state index in [1.165, 1.54) is 0 Å². The minimum Gasteiger partial charge on any atom is -0.382 e. The molecule has 3 N–H and O–H groups in total. The molecule has 4 nitrogen and oxygen atoms in total. The average Bonchev–Trinajstić information content (AvgIpc) is 2.25. The van der Waals surface area contributed by atoms with E-state index in [0.717, 1.165) is 12.8 Å². The molecule has 0 aromatic heterocycles. The summed E-state index contributed by atoms with van der Waals surface area (Å²) in [6.07, 6.45) is -4.72. The third kappa shape index (κ3) is 5.56. The molecular formula is C9H16ClF3N2O2. The second kappa shape index (κ2) is 7.03. The molecule has 1 fully saturated rings. The Morgan fingerprint density at radius 2 is 2.12 bits per heavy atom. The van der Waals surface area contributed by atoms with Crippen LogP contribution < -0.4 is 10.6 Å². The Balaban J connectivity index is 0.00000256. The van der Waals surface area contributed by atoms with Crippen molar-refractivity contribution in [2.24, 2.45) is 0 Å². The lowest BCUT2D eigenvalue weighted by molar-refractivity contribution is -0.201. The monoisotopic (exact) mass is 276 g/mol. The van der Waals surface area contributed by atoms with Crippen LogP contribution in [0.5, 0.6) is 0 Å². The summed E-state index contributed by atoms with van der Waals surface area (Å²) in [7, 11) is 0. The van der Waals surface area contributed by atoms with E-state index in [0.29, 0.717) is 13.0 Å². The predicted octanol–water partition coefficient (Wildman–Crippen LogP) is 0.590. The SMILES string of the molecule is Cl.O=C(NCC(O)C(F)(F)F)C1CCCCN1. The molecule has 0 bridgehead atoms. The molecule has 1 amide bonds. The number of halogens is 4. The fourth-order valence-corrected chi connectivity index (χ4v) is 1.51. The first-order valence-corrected chi connectivity index (χ1v) is 5.17. The van der Waals surface area contributed by atoms with Crippen molar-refractivity contribution in [1.29, 1.82) is 0 Å². The van der Waals surface area contributed by atoms with Crippen LogP contribution in [-0.2, 0) is 4.79 Å². The maximum atomic E-state index is 11.9. The van der Waals surface area contributed by atoms with Gasteiger partial charge in [-0.3, -0.25) is 4.79 Å². The Labute approximate surface area is 103 Å². The third-order valence-electron chi connectivity index (χ3n) is 2.47. The number of aliphatic hydroxyl groups excluding tert-OH is 1. The van der Waals surface area contributed by atoms with Gasteiger partial charge in [0.05, 0.1) is 12.6 Å². The van der Waals surface area contributed by atoms with Gasteiger partial charge in [-0.05, 0) is 19.4 Å². The second-order valence-electron chi connectivity index (χ2n) is 3.81. The van der Waals surface area contributed by atoms with E-state index in [4.69, 9.17) is 5.11 Å². The number of hydrogen-bond donors (Lipinski definition) is 3. The molecule has 0 radical (unpaired) electrons. The number of hydrogen-bond acceptors (Lipinski definition) is 3. The molecule has 0 aliphatic carbocycles. The zero-order valence-corrected chi connectivity index (χ0v) is 9.90. The minimum atomic E-state index is -4.69. The molecule has 2 atom stereocenters. The van der Waals surface area contributed by atoms with Crippen LogP contribution in [0, 0.1) is 0 Å². The van der Waals surface area contributed by atoms with E-state index < -0.39 is 30.8 Å². The summed E-state index contributed by atoms with van der Waals surface area (Å²) < 4.78 is 35.8. The highest BCUT2D eigenvalue weighted by Gasteiger charge is 2.38. The van der Waals surface area contributed by atoms with Gasteiger partial charge in [0, 0.05) is 0 Å². The van der Waals surface area contributed by atoms with Gasteiger partial charge in [0.25, 0.3) is 0 Å². The third-order valence-corrected chi connectivity index (χ3v) is 2.47.